The van der Waals surface area contributed by atoms with E-state index in [4.69, 9.17) is 10.1 Å². The number of hydrogen-bond donors (Lipinski definition) is 2. The summed E-state index contributed by atoms with van der Waals surface area (Å²) in [6.07, 6.45) is 4.68. The van der Waals surface area contributed by atoms with E-state index in [0.29, 0.717) is 0 Å². The third kappa shape index (κ3) is 5.33. The van der Waals surface area contributed by atoms with E-state index in [1.54, 1.807) is 0 Å². The van der Waals surface area contributed by atoms with Crippen molar-refractivity contribution in [2.75, 3.05) is 25.0 Å². The Labute approximate surface area is 150 Å². The molecule has 0 unspecified atom stereocenters. The SMILES string of the molecule is OCc1ccc(CCN=C(Nc2ccccc2)N2CCCCC2)cc1. The number of aliphatic hydroxyl groups excluding tert-OH is 1. The summed E-state index contributed by atoms with van der Waals surface area (Å²) in [5.41, 5.74) is 3.28. The van der Waals surface area contributed by atoms with Gasteiger partial charge in [0.05, 0.1) is 6.61 Å². The minimum Gasteiger partial charge on any atom is -0.392 e. The topological polar surface area (TPSA) is 47.9 Å². The fourth-order valence-corrected chi connectivity index (χ4v) is 3.08. The van der Waals surface area contributed by atoms with Crippen LogP contribution in [0.2, 0.25) is 0 Å². The highest BCUT2D eigenvalue weighted by atomic mass is 16.3. The molecule has 0 radical (unpaired) electrons. The molecule has 132 valence electrons. The molecule has 0 amide bonds. The number of para-hydroxylation sites is 1. The number of guanidine groups is 1. The Morgan fingerprint density at radius 3 is 2.28 bits per heavy atom. The second-order valence-electron chi connectivity index (χ2n) is 6.47. The van der Waals surface area contributed by atoms with Crippen LogP contribution in [-0.2, 0) is 13.0 Å². The summed E-state index contributed by atoms with van der Waals surface area (Å²) >= 11 is 0. The van der Waals surface area contributed by atoms with E-state index in [1.165, 1.54) is 24.8 Å². The van der Waals surface area contributed by atoms with Gasteiger partial charge < -0.3 is 15.3 Å². The first-order valence-corrected chi connectivity index (χ1v) is 9.15. The average molecular weight is 337 g/mol. The highest BCUT2D eigenvalue weighted by molar-refractivity contribution is 5.93. The van der Waals surface area contributed by atoms with Crippen LogP contribution >= 0.6 is 0 Å². The summed E-state index contributed by atoms with van der Waals surface area (Å²) in [5, 5.41) is 12.6. The van der Waals surface area contributed by atoms with Crippen LogP contribution in [0, 0.1) is 0 Å². The van der Waals surface area contributed by atoms with Crippen molar-refractivity contribution in [3.63, 3.8) is 0 Å². The molecule has 4 heteroatoms. The van der Waals surface area contributed by atoms with Gasteiger partial charge in [0.15, 0.2) is 5.96 Å². The molecule has 25 heavy (non-hydrogen) atoms. The monoisotopic (exact) mass is 337 g/mol. The molecule has 1 aliphatic heterocycles. The lowest BCUT2D eigenvalue weighted by atomic mass is 10.1. The van der Waals surface area contributed by atoms with E-state index in [1.807, 2.05) is 30.3 Å². The van der Waals surface area contributed by atoms with Gasteiger partial charge in [-0.1, -0.05) is 42.5 Å². The molecule has 2 N–H and O–H groups in total. The average Bonchev–Trinajstić information content (AvgIpc) is 2.69. The maximum atomic E-state index is 9.13. The van der Waals surface area contributed by atoms with Crippen LogP contribution in [-0.4, -0.2) is 35.6 Å². The number of nitrogens with zero attached hydrogens (tertiary/aromatic N) is 2. The molecular weight excluding hydrogens is 310 g/mol. The van der Waals surface area contributed by atoms with Gasteiger partial charge in [-0.3, -0.25) is 4.99 Å². The smallest absolute Gasteiger partial charge is 0.198 e. The van der Waals surface area contributed by atoms with Crippen molar-refractivity contribution in [3.8, 4) is 0 Å². The Hall–Kier alpha value is -2.33. The zero-order chi connectivity index (χ0) is 17.3. The van der Waals surface area contributed by atoms with Crippen LogP contribution in [0.4, 0.5) is 5.69 Å². The number of anilines is 1. The van der Waals surface area contributed by atoms with Crippen molar-refractivity contribution in [3.05, 3.63) is 65.7 Å². The first-order chi connectivity index (χ1) is 12.3. The quantitative estimate of drug-likeness (QED) is 0.646. The van der Waals surface area contributed by atoms with E-state index in [-0.39, 0.29) is 6.61 Å². The summed E-state index contributed by atoms with van der Waals surface area (Å²) in [7, 11) is 0. The summed E-state index contributed by atoms with van der Waals surface area (Å²) in [5.74, 6) is 0.984. The van der Waals surface area contributed by atoms with Crippen molar-refractivity contribution in [2.45, 2.75) is 32.3 Å². The minimum absolute atomic E-state index is 0.0958. The van der Waals surface area contributed by atoms with Gasteiger partial charge in [-0.2, -0.15) is 0 Å². The molecule has 0 bridgehead atoms. The highest BCUT2D eigenvalue weighted by Gasteiger charge is 2.14. The largest absolute Gasteiger partial charge is 0.392 e. The fourth-order valence-electron chi connectivity index (χ4n) is 3.08. The minimum atomic E-state index is 0.0958. The van der Waals surface area contributed by atoms with Crippen LogP contribution in [0.1, 0.15) is 30.4 Å². The van der Waals surface area contributed by atoms with Gasteiger partial charge in [-0.05, 0) is 48.9 Å². The lowest BCUT2D eigenvalue weighted by Crippen LogP contribution is -2.40. The van der Waals surface area contributed by atoms with Gasteiger partial charge in [0.1, 0.15) is 0 Å². The van der Waals surface area contributed by atoms with Crippen molar-refractivity contribution >= 4 is 11.6 Å². The Kier molecular flexibility index (Phi) is 6.46. The number of nitrogens with one attached hydrogen (secondary N) is 1. The van der Waals surface area contributed by atoms with E-state index in [2.05, 4.69) is 34.5 Å². The van der Waals surface area contributed by atoms with Crippen molar-refractivity contribution in [1.82, 2.24) is 4.90 Å². The number of benzene rings is 2. The second-order valence-corrected chi connectivity index (χ2v) is 6.47. The standard InChI is InChI=1S/C21H27N3O/c25-17-19-11-9-18(10-12-19)13-14-22-21(24-15-5-2-6-16-24)23-20-7-3-1-4-8-20/h1,3-4,7-12,25H,2,5-6,13-17H2,(H,22,23). The summed E-state index contributed by atoms with van der Waals surface area (Å²) < 4.78 is 0. The summed E-state index contributed by atoms with van der Waals surface area (Å²) in [6, 6.07) is 18.4. The molecule has 0 aromatic heterocycles. The predicted octanol–water partition coefficient (Wildman–Crippen LogP) is 3.68. The number of piperidine rings is 1. The van der Waals surface area contributed by atoms with Gasteiger partial charge >= 0.3 is 0 Å². The van der Waals surface area contributed by atoms with Gasteiger partial charge in [-0.15, -0.1) is 0 Å². The van der Waals surface area contributed by atoms with Crippen LogP contribution in [0.15, 0.2) is 59.6 Å². The fraction of sp³-hybridized carbons (Fsp3) is 0.381. The second kappa shape index (κ2) is 9.23. The molecule has 0 atom stereocenters. The number of likely N-dealkylation sites (tertiary alicyclic amines) is 1. The van der Waals surface area contributed by atoms with Crippen LogP contribution in [0.3, 0.4) is 0 Å². The molecule has 2 aromatic rings. The zero-order valence-corrected chi connectivity index (χ0v) is 14.7. The Bertz CT molecular complexity index is 661. The molecule has 1 fully saturated rings. The maximum absolute atomic E-state index is 9.13. The number of rotatable bonds is 5. The molecular formula is C21H27N3O. The molecule has 1 heterocycles. The van der Waals surface area contributed by atoms with Gasteiger partial charge in [0.2, 0.25) is 0 Å². The number of aliphatic hydroxyl groups is 1. The van der Waals surface area contributed by atoms with Crippen molar-refractivity contribution in [1.29, 1.82) is 0 Å². The molecule has 3 rings (SSSR count). The van der Waals surface area contributed by atoms with Crippen molar-refractivity contribution < 1.29 is 5.11 Å². The first kappa shape index (κ1) is 17.5. The summed E-state index contributed by atoms with van der Waals surface area (Å²) in [6.45, 7) is 3.00. The Balaban J connectivity index is 1.65. The number of aliphatic imine (C=N–C) groups is 1. The lowest BCUT2D eigenvalue weighted by Gasteiger charge is -2.30. The molecule has 2 aromatic carbocycles. The number of hydrogen-bond acceptors (Lipinski definition) is 2. The molecule has 1 saturated heterocycles. The first-order valence-electron chi connectivity index (χ1n) is 9.15. The third-order valence-electron chi connectivity index (χ3n) is 4.55. The van der Waals surface area contributed by atoms with Crippen molar-refractivity contribution in [2.24, 2.45) is 4.99 Å². The lowest BCUT2D eigenvalue weighted by molar-refractivity contribution is 0.282. The van der Waals surface area contributed by atoms with E-state index >= 15 is 0 Å². The van der Waals surface area contributed by atoms with Crippen LogP contribution in [0.5, 0.6) is 0 Å². The summed E-state index contributed by atoms with van der Waals surface area (Å²) in [4.78, 5) is 7.23. The molecule has 1 aliphatic rings. The Morgan fingerprint density at radius 2 is 1.60 bits per heavy atom. The molecule has 4 nitrogen and oxygen atoms in total. The van der Waals surface area contributed by atoms with E-state index in [9.17, 15) is 0 Å². The Morgan fingerprint density at radius 1 is 0.920 bits per heavy atom. The molecule has 0 aliphatic carbocycles. The van der Waals surface area contributed by atoms with Crippen LogP contribution in [0.25, 0.3) is 0 Å². The van der Waals surface area contributed by atoms with Crippen LogP contribution < -0.4 is 5.32 Å². The zero-order valence-electron chi connectivity index (χ0n) is 14.7. The predicted molar refractivity (Wildman–Crippen MR) is 104 cm³/mol. The van der Waals surface area contributed by atoms with Gasteiger partial charge in [0.25, 0.3) is 0 Å². The van der Waals surface area contributed by atoms with Gasteiger partial charge in [0, 0.05) is 25.3 Å². The normalized spacial score (nSPS) is 15.2. The highest BCUT2D eigenvalue weighted by Crippen LogP contribution is 2.13. The molecule has 0 spiro atoms. The molecule has 0 saturated carbocycles. The van der Waals surface area contributed by atoms with E-state index in [0.717, 1.165) is 43.3 Å². The van der Waals surface area contributed by atoms with E-state index < -0.39 is 0 Å². The third-order valence-corrected chi connectivity index (χ3v) is 4.55. The van der Waals surface area contributed by atoms with Gasteiger partial charge in [-0.25, -0.2) is 0 Å². The maximum Gasteiger partial charge on any atom is 0.198 e.